The molecule has 5 aromatic rings. The molecule has 4 heterocycles. The summed E-state index contributed by atoms with van der Waals surface area (Å²) in [6, 6.07) is 13.3. The van der Waals surface area contributed by atoms with E-state index >= 15 is 0 Å². The molecule has 2 aliphatic carbocycles. The number of fused-ring (bicyclic) bond motifs is 1. The molecule has 282 valence electrons. The van der Waals surface area contributed by atoms with Crippen LogP contribution in [-0.2, 0) is 17.8 Å². The van der Waals surface area contributed by atoms with Gasteiger partial charge in [-0.25, -0.2) is 14.8 Å². The highest BCUT2D eigenvalue weighted by Crippen LogP contribution is 2.48. The molecular weight excluding hydrogens is 724 g/mol. The number of hydrogen-bond acceptors (Lipinski definition) is 11. The van der Waals surface area contributed by atoms with E-state index in [9.17, 15) is 9.90 Å². The first-order chi connectivity index (χ1) is 26.3. The maximum atomic E-state index is 12.8. The molecular formula is C41H45ClN6O5S. The van der Waals surface area contributed by atoms with Crippen LogP contribution in [0.25, 0.3) is 21.2 Å². The van der Waals surface area contributed by atoms with Crippen LogP contribution in [0, 0.1) is 6.92 Å². The third-order valence-corrected chi connectivity index (χ3v) is 12.1. The zero-order chi connectivity index (χ0) is 37.2. The van der Waals surface area contributed by atoms with Gasteiger partial charge >= 0.3 is 5.97 Å². The maximum absolute atomic E-state index is 12.8. The Balaban J connectivity index is 1.05. The topological polar surface area (TPSA) is 123 Å². The molecule has 54 heavy (non-hydrogen) atoms. The first kappa shape index (κ1) is 36.6. The summed E-state index contributed by atoms with van der Waals surface area (Å²) >= 11 is 8.30. The second kappa shape index (κ2) is 16.2. The summed E-state index contributed by atoms with van der Waals surface area (Å²) in [4.78, 5) is 31.6. The molecule has 0 amide bonds. The molecule has 0 spiro atoms. The Morgan fingerprint density at radius 3 is 2.57 bits per heavy atom. The highest BCUT2D eigenvalue weighted by atomic mass is 35.5. The van der Waals surface area contributed by atoms with E-state index in [2.05, 4.69) is 31.2 Å². The second-order valence-corrected chi connectivity index (χ2v) is 15.8. The SMILES string of the molecule is Cc1c(-c2c(C3CCC3)ncc3snc(OC(Cc4ccccc4OCc4ccnc(C5CC5)n4)C(=O)O)c23)ccc(OCCN2CCN(C)CC2)c1Cl. The Bertz CT molecular complexity index is 2130. The summed E-state index contributed by atoms with van der Waals surface area (Å²) < 4.78 is 24.3. The Kier molecular flexibility index (Phi) is 11.0. The summed E-state index contributed by atoms with van der Waals surface area (Å²) in [5.41, 5.74) is 5.13. The van der Waals surface area contributed by atoms with Gasteiger partial charge in [-0.1, -0.05) is 42.3 Å². The van der Waals surface area contributed by atoms with Crippen LogP contribution in [-0.4, -0.2) is 92.7 Å². The number of carboxylic acid groups (broad SMARTS) is 1. The average Bonchev–Trinajstić information content (AvgIpc) is 3.94. The van der Waals surface area contributed by atoms with Gasteiger partial charge in [-0.15, -0.1) is 0 Å². The quantitative estimate of drug-likeness (QED) is 0.114. The molecule has 1 unspecified atom stereocenters. The highest BCUT2D eigenvalue weighted by Gasteiger charge is 2.31. The van der Waals surface area contributed by atoms with Crippen molar-refractivity contribution in [2.24, 2.45) is 0 Å². The number of halogens is 1. The summed E-state index contributed by atoms with van der Waals surface area (Å²) in [5.74, 6) is 1.98. The Morgan fingerprint density at radius 1 is 1.00 bits per heavy atom. The summed E-state index contributed by atoms with van der Waals surface area (Å²) in [6.45, 7) is 7.80. The monoisotopic (exact) mass is 768 g/mol. The minimum atomic E-state index is -1.23. The number of rotatable bonds is 15. The van der Waals surface area contributed by atoms with Gasteiger partial charge in [0.05, 0.1) is 26.5 Å². The van der Waals surface area contributed by atoms with Crippen molar-refractivity contribution in [3.63, 3.8) is 0 Å². The number of ether oxygens (including phenoxy) is 3. The highest BCUT2D eigenvalue weighted by molar-refractivity contribution is 7.13. The van der Waals surface area contributed by atoms with Crippen molar-refractivity contribution in [2.45, 2.75) is 70.0 Å². The van der Waals surface area contributed by atoms with Crippen LogP contribution in [0.15, 0.2) is 54.9 Å². The Labute approximate surface area is 324 Å². The summed E-state index contributed by atoms with van der Waals surface area (Å²) in [5, 5.41) is 11.8. The van der Waals surface area contributed by atoms with Gasteiger partial charge in [-0.05, 0) is 86.1 Å². The first-order valence-electron chi connectivity index (χ1n) is 18.9. The van der Waals surface area contributed by atoms with Gasteiger partial charge in [-0.3, -0.25) is 9.88 Å². The molecule has 0 radical (unpaired) electrons. The van der Waals surface area contributed by atoms with E-state index in [0.717, 1.165) is 109 Å². The van der Waals surface area contributed by atoms with Crippen LogP contribution >= 0.6 is 23.1 Å². The third-order valence-electron chi connectivity index (χ3n) is 10.8. The van der Waals surface area contributed by atoms with Crippen molar-refractivity contribution in [1.82, 2.24) is 29.1 Å². The van der Waals surface area contributed by atoms with Gasteiger partial charge in [0.25, 0.3) is 0 Å². The zero-order valence-electron chi connectivity index (χ0n) is 30.7. The summed E-state index contributed by atoms with van der Waals surface area (Å²) in [7, 11) is 2.15. The zero-order valence-corrected chi connectivity index (χ0v) is 32.2. The van der Waals surface area contributed by atoms with Crippen LogP contribution in [0.2, 0.25) is 5.02 Å². The lowest BCUT2D eigenvalue weighted by Gasteiger charge is -2.32. The fraction of sp³-hybridized carbons (Fsp3) is 0.439. The van der Waals surface area contributed by atoms with Crippen molar-refractivity contribution in [3.8, 4) is 28.5 Å². The van der Waals surface area contributed by atoms with E-state index in [-0.39, 0.29) is 24.8 Å². The van der Waals surface area contributed by atoms with E-state index in [1.807, 2.05) is 55.6 Å². The van der Waals surface area contributed by atoms with Crippen molar-refractivity contribution >= 4 is 39.2 Å². The predicted molar refractivity (Wildman–Crippen MR) is 209 cm³/mol. The molecule has 3 aliphatic rings. The third kappa shape index (κ3) is 8.02. The molecule has 2 saturated carbocycles. The number of aromatic nitrogens is 4. The minimum absolute atomic E-state index is 0.0720. The van der Waals surface area contributed by atoms with Crippen molar-refractivity contribution in [2.75, 3.05) is 46.4 Å². The van der Waals surface area contributed by atoms with E-state index in [1.165, 1.54) is 11.5 Å². The standard InChI is InChI=1S/C41H45ClN6O5S/c1-25-30(12-13-32(37(25)42)51-21-20-48-18-16-47(2)17-19-48)35-36-34(23-44-38(35)26-7-5-8-26)54-46-40(36)53-33(41(49)50)22-28-6-3-4-9-31(28)52-24-29-14-15-43-39(45-29)27-10-11-27/h3-4,6,9,12-15,23,26-27,33H,5,7-8,10-11,16-22,24H2,1-2H3,(H,49,50). The van der Waals surface area contributed by atoms with Gasteiger partial charge in [0, 0.05) is 68.9 Å². The number of hydrogen-bond donors (Lipinski definition) is 1. The molecule has 1 aliphatic heterocycles. The largest absolute Gasteiger partial charge is 0.491 e. The van der Waals surface area contributed by atoms with Crippen molar-refractivity contribution in [3.05, 3.63) is 88.2 Å². The molecule has 3 aromatic heterocycles. The number of benzene rings is 2. The van der Waals surface area contributed by atoms with E-state index in [4.69, 9.17) is 30.8 Å². The number of piperazine rings is 1. The predicted octanol–water partition coefficient (Wildman–Crippen LogP) is 7.53. The number of para-hydroxylation sites is 1. The van der Waals surface area contributed by atoms with Crippen LogP contribution in [0.5, 0.6) is 17.4 Å². The number of pyridine rings is 1. The smallest absolute Gasteiger partial charge is 0.345 e. The number of nitrogens with zero attached hydrogens (tertiary/aromatic N) is 6. The number of aliphatic carboxylic acids is 1. The lowest BCUT2D eigenvalue weighted by Crippen LogP contribution is -2.45. The van der Waals surface area contributed by atoms with Gasteiger partial charge in [0.1, 0.15) is 30.5 Å². The normalized spacial score (nSPS) is 17.3. The molecule has 3 fully saturated rings. The van der Waals surface area contributed by atoms with Crippen molar-refractivity contribution in [1.29, 1.82) is 0 Å². The molecule has 1 N–H and O–H groups in total. The van der Waals surface area contributed by atoms with E-state index in [0.29, 0.717) is 34.6 Å². The lowest BCUT2D eigenvalue weighted by atomic mass is 9.79. The second-order valence-electron chi connectivity index (χ2n) is 14.6. The Hall–Kier alpha value is -4.36. The molecule has 1 saturated heterocycles. The molecule has 0 bridgehead atoms. The molecule has 2 aromatic carbocycles. The van der Waals surface area contributed by atoms with Crippen molar-refractivity contribution < 1.29 is 24.1 Å². The van der Waals surface area contributed by atoms with E-state index < -0.39 is 12.1 Å². The van der Waals surface area contributed by atoms with Crippen LogP contribution < -0.4 is 14.2 Å². The number of carbonyl (C=O) groups is 1. The molecule has 13 heteroatoms. The van der Waals surface area contributed by atoms with E-state index in [1.54, 1.807) is 6.20 Å². The fourth-order valence-electron chi connectivity index (χ4n) is 7.18. The minimum Gasteiger partial charge on any atom is -0.491 e. The molecule has 1 atom stereocenters. The first-order valence-corrected chi connectivity index (χ1v) is 20.0. The fourth-order valence-corrected chi connectivity index (χ4v) is 8.10. The Morgan fingerprint density at radius 2 is 1.81 bits per heavy atom. The molecule has 8 rings (SSSR count). The van der Waals surface area contributed by atoms with Crippen LogP contribution in [0.3, 0.4) is 0 Å². The lowest BCUT2D eigenvalue weighted by molar-refractivity contribution is -0.145. The average molecular weight is 769 g/mol. The van der Waals surface area contributed by atoms with Gasteiger partial charge in [0.15, 0.2) is 0 Å². The molecule has 11 nitrogen and oxygen atoms in total. The van der Waals surface area contributed by atoms with Gasteiger partial charge in [0.2, 0.25) is 12.0 Å². The maximum Gasteiger partial charge on any atom is 0.345 e. The van der Waals surface area contributed by atoms with Crippen LogP contribution in [0.4, 0.5) is 0 Å². The van der Waals surface area contributed by atoms with Gasteiger partial charge < -0.3 is 24.2 Å². The number of likely N-dealkylation sites (N-methyl/N-ethyl adjacent to an activating group) is 1. The van der Waals surface area contributed by atoms with Gasteiger partial charge in [-0.2, -0.15) is 4.37 Å². The van der Waals surface area contributed by atoms with Crippen LogP contribution in [0.1, 0.15) is 72.3 Å². The number of carboxylic acids is 1. The summed E-state index contributed by atoms with van der Waals surface area (Å²) in [6.07, 6.45) is 7.88.